The van der Waals surface area contributed by atoms with Crippen molar-refractivity contribution in [2.45, 2.75) is 19.3 Å². The fourth-order valence-electron chi connectivity index (χ4n) is 8.02. The lowest BCUT2D eigenvalue weighted by Crippen LogP contribution is -2.16. The van der Waals surface area contributed by atoms with Crippen molar-refractivity contribution in [2.75, 3.05) is 4.90 Å². The third-order valence-corrected chi connectivity index (χ3v) is 10.6. The average Bonchev–Trinajstić information content (AvgIpc) is 3.60. The Hall–Kier alpha value is -6.12. The van der Waals surface area contributed by atoms with Crippen LogP contribution >= 0.6 is 0 Å². The van der Waals surface area contributed by atoms with Gasteiger partial charge in [-0.15, -0.1) is 0 Å². The molecule has 0 radical (unpaired) electrons. The van der Waals surface area contributed by atoms with Crippen LogP contribution in [0.3, 0.4) is 0 Å². The van der Waals surface area contributed by atoms with Crippen molar-refractivity contribution < 1.29 is 4.42 Å². The van der Waals surface area contributed by atoms with Crippen LogP contribution < -0.4 is 4.90 Å². The predicted molar refractivity (Wildman–Crippen MR) is 206 cm³/mol. The summed E-state index contributed by atoms with van der Waals surface area (Å²) in [7, 11) is 0. The Kier molecular flexibility index (Phi) is 5.95. The van der Waals surface area contributed by atoms with E-state index in [1.165, 1.54) is 54.9 Å². The molecule has 0 aliphatic heterocycles. The van der Waals surface area contributed by atoms with Gasteiger partial charge in [0.15, 0.2) is 0 Å². The second-order valence-corrected chi connectivity index (χ2v) is 13.8. The van der Waals surface area contributed by atoms with Gasteiger partial charge >= 0.3 is 0 Å². The number of anilines is 3. The van der Waals surface area contributed by atoms with Gasteiger partial charge in [0.05, 0.1) is 0 Å². The van der Waals surface area contributed by atoms with Crippen LogP contribution in [0, 0.1) is 0 Å². The lowest BCUT2D eigenvalue weighted by atomic mass is 9.81. The number of nitrogens with zero attached hydrogens (tertiary/aromatic N) is 1. The number of fused-ring (bicyclic) bond motifs is 8. The SMILES string of the molecule is CC1(C)c2cc(N(c3ccc(-c4ccccc4)cc3)c3ccc4c(c3)oc3cc5ccccc5cc34)ccc2-c2cc3ccccc3cc21. The summed E-state index contributed by atoms with van der Waals surface area (Å²) >= 11 is 0. The zero-order chi connectivity index (χ0) is 32.7. The summed E-state index contributed by atoms with van der Waals surface area (Å²) < 4.78 is 6.56. The van der Waals surface area contributed by atoms with E-state index in [0.717, 1.165) is 39.0 Å². The molecule has 9 aromatic rings. The third-order valence-electron chi connectivity index (χ3n) is 10.6. The molecule has 1 heterocycles. The number of rotatable bonds is 4. The molecule has 1 aliphatic carbocycles. The second-order valence-electron chi connectivity index (χ2n) is 13.8. The molecule has 0 fully saturated rings. The Labute approximate surface area is 285 Å². The molecule has 1 aromatic heterocycles. The highest BCUT2D eigenvalue weighted by atomic mass is 16.3. The van der Waals surface area contributed by atoms with Gasteiger partial charge in [0, 0.05) is 39.3 Å². The number of hydrogen-bond acceptors (Lipinski definition) is 2. The van der Waals surface area contributed by atoms with Crippen molar-refractivity contribution in [3.8, 4) is 22.3 Å². The Morgan fingerprint density at radius 1 is 0.408 bits per heavy atom. The Morgan fingerprint density at radius 3 is 1.71 bits per heavy atom. The fraction of sp³-hybridized carbons (Fsp3) is 0.0638. The van der Waals surface area contributed by atoms with E-state index in [-0.39, 0.29) is 5.41 Å². The topological polar surface area (TPSA) is 16.4 Å². The van der Waals surface area contributed by atoms with E-state index in [1.807, 2.05) is 0 Å². The highest BCUT2D eigenvalue weighted by Gasteiger charge is 2.36. The molecule has 49 heavy (non-hydrogen) atoms. The van der Waals surface area contributed by atoms with Crippen LogP contribution in [0.2, 0.25) is 0 Å². The van der Waals surface area contributed by atoms with Crippen LogP contribution in [-0.4, -0.2) is 0 Å². The predicted octanol–water partition coefficient (Wildman–Crippen LogP) is 13.3. The number of hydrogen-bond donors (Lipinski definition) is 0. The van der Waals surface area contributed by atoms with Crippen molar-refractivity contribution in [3.63, 3.8) is 0 Å². The fourth-order valence-corrected chi connectivity index (χ4v) is 8.02. The molecule has 1 aliphatic rings. The lowest BCUT2D eigenvalue weighted by molar-refractivity contribution is 0.661. The monoisotopic (exact) mass is 627 g/mol. The van der Waals surface area contributed by atoms with Gasteiger partial charge < -0.3 is 9.32 Å². The van der Waals surface area contributed by atoms with E-state index in [4.69, 9.17) is 4.42 Å². The zero-order valence-corrected chi connectivity index (χ0v) is 27.4. The molecule has 2 heteroatoms. The standard InChI is InChI=1S/C47H33NO/c1-47(2)43-26-34-14-8-6-12-32(34)24-41(43)39-22-20-37(28-44(39)47)48(36-18-16-31(17-19-36)30-10-4-3-5-11-30)38-21-23-40-42-25-33-13-7-9-15-35(33)27-45(42)49-46(40)29-38/h3-29H,1-2H3. The molecule has 0 spiro atoms. The van der Waals surface area contributed by atoms with E-state index in [2.05, 4.69) is 183 Å². The first-order valence-corrected chi connectivity index (χ1v) is 17.0. The van der Waals surface area contributed by atoms with Gasteiger partial charge in [0.25, 0.3) is 0 Å². The summed E-state index contributed by atoms with van der Waals surface area (Å²) in [6.07, 6.45) is 0. The minimum Gasteiger partial charge on any atom is -0.456 e. The first-order chi connectivity index (χ1) is 24.0. The summed E-state index contributed by atoms with van der Waals surface area (Å²) in [5.41, 5.74) is 12.7. The number of benzene rings is 8. The van der Waals surface area contributed by atoms with Crippen molar-refractivity contribution in [2.24, 2.45) is 0 Å². The lowest BCUT2D eigenvalue weighted by Gasteiger charge is -2.28. The highest BCUT2D eigenvalue weighted by molar-refractivity contribution is 6.11. The van der Waals surface area contributed by atoms with Crippen LogP contribution in [0.25, 0.3) is 65.7 Å². The molecule has 0 amide bonds. The average molecular weight is 628 g/mol. The normalized spacial score (nSPS) is 13.3. The maximum atomic E-state index is 6.56. The van der Waals surface area contributed by atoms with E-state index in [1.54, 1.807) is 0 Å². The Bertz CT molecular complexity index is 2730. The molecule has 0 saturated carbocycles. The maximum absolute atomic E-state index is 6.56. The van der Waals surface area contributed by atoms with Crippen molar-refractivity contribution >= 4 is 60.5 Å². The minimum atomic E-state index is -0.141. The van der Waals surface area contributed by atoms with E-state index in [9.17, 15) is 0 Å². The van der Waals surface area contributed by atoms with Gasteiger partial charge in [-0.2, -0.15) is 0 Å². The molecule has 0 N–H and O–H groups in total. The molecular weight excluding hydrogens is 595 g/mol. The molecule has 0 atom stereocenters. The van der Waals surface area contributed by atoms with Crippen LogP contribution in [0.1, 0.15) is 25.0 Å². The van der Waals surface area contributed by atoms with E-state index in [0.29, 0.717) is 0 Å². The Balaban J connectivity index is 1.15. The maximum Gasteiger partial charge on any atom is 0.137 e. The van der Waals surface area contributed by atoms with Gasteiger partial charge in [-0.25, -0.2) is 0 Å². The second kappa shape index (κ2) is 10.4. The third kappa shape index (κ3) is 4.34. The summed E-state index contributed by atoms with van der Waals surface area (Å²) in [6.45, 7) is 4.72. The Morgan fingerprint density at radius 2 is 0.959 bits per heavy atom. The summed E-state index contributed by atoms with van der Waals surface area (Å²) in [6, 6.07) is 59.5. The van der Waals surface area contributed by atoms with Crippen LogP contribution in [-0.2, 0) is 5.41 Å². The summed E-state index contributed by atoms with van der Waals surface area (Å²) in [4.78, 5) is 2.37. The first kappa shape index (κ1) is 27.9. The summed E-state index contributed by atoms with van der Waals surface area (Å²) in [5, 5.41) is 7.24. The van der Waals surface area contributed by atoms with E-state index >= 15 is 0 Å². The van der Waals surface area contributed by atoms with Gasteiger partial charge in [0.1, 0.15) is 11.2 Å². The van der Waals surface area contributed by atoms with Gasteiger partial charge in [-0.3, -0.25) is 0 Å². The van der Waals surface area contributed by atoms with Crippen molar-refractivity contribution in [1.82, 2.24) is 0 Å². The van der Waals surface area contributed by atoms with Gasteiger partial charge in [-0.05, 0) is 116 Å². The van der Waals surface area contributed by atoms with Crippen LogP contribution in [0.15, 0.2) is 168 Å². The van der Waals surface area contributed by atoms with E-state index < -0.39 is 0 Å². The quantitative estimate of drug-likeness (QED) is 0.193. The van der Waals surface area contributed by atoms with Crippen molar-refractivity contribution in [3.05, 3.63) is 175 Å². The molecule has 0 unspecified atom stereocenters. The molecule has 10 rings (SSSR count). The minimum absolute atomic E-state index is 0.141. The zero-order valence-electron chi connectivity index (χ0n) is 27.4. The molecule has 8 aromatic carbocycles. The van der Waals surface area contributed by atoms with Gasteiger partial charge in [-0.1, -0.05) is 111 Å². The molecular formula is C47H33NO. The van der Waals surface area contributed by atoms with Gasteiger partial charge in [0.2, 0.25) is 0 Å². The highest BCUT2D eigenvalue weighted by Crippen LogP contribution is 2.52. The largest absolute Gasteiger partial charge is 0.456 e. The number of furan rings is 1. The summed E-state index contributed by atoms with van der Waals surface area (Å²) in [5.74, 6) is 0. The smallest absolute Gasteiger partial charge is 0.137 e. The molecule has 2 nitrogen and oxygen atoms in total. The van der Waals surface area contributed by atoms with Crippen LogP contribution in [0.4, 0.5) is 17.1 Å². The first-order valence-electron chi connectivity index (χ1n) is 17.0. The molecule has 232 valence electrons. The van der Waals surface area contributed by atoms with Crippen LogP contribution in [0.5, 0.6) is 0 Å². The molecule has 0 bridgehead atoms. The molecule has 0 saturated heterocycles. The van der Waals surface area contributed by atoms with Crippen molar-refractivity contribution in [1.29, 1.82) is 0 Å².